The SMILES string of the molecule is N#CCC1CN(C(=O)c2nc(N3CCN(C(=O)N4N=CCC4c4cc(F)cc(F)c4)CC3)ncc2F)C1. The second-order valence-corrected chi connectivity index (χ2v) is 9.16. The first-order valence-corrected chi connectivity index (χ1v) is 11.8. The van der Waals surface area contributed by atoms with Crippen molar-refractivity contribution in [3.8, 4) is 6.07 Å². The first-order chi connectivity index (χ1) is 17.8. The minimum absolute atomic E-state index is 0.0865. The quantitative estimate of drug-likeness (QED) is 0.623. The third-order valence-electron chi connectivity index (χ3n) is 6.69. The molecule has 0 aliphatic carbocycles. The van der Waals surface area contributed by atoms with Crippen LogP contribution in [-0.2, 0) is 0 Å². The van der Waals surface area contributed by atoms with Gasteiger partial charge in [0.2, 0.25) is 5.95 Å². The van der Waals surface area contributed by atoms with Crippen LogP contribution in [0.15, 0.2) is 29.5 Å². The van der Waals surface area contributed by atoms with Crippen LogP contribution in [0.25, 0.3) is 0 Å². The summed E-state index contributed by atoms with van der Waals surface area (Å²) in [5.41, 5.74) is -0.00414. The smallest absolute Gasteiger partial charge is 0.337 e. The third kappa shape index (κ3) is 4.91. The molecule has 10 nitrogen and oxygen atoms in total. The van der Waals surface area contributed by atoms with Crippen LogP contribution in [-0.4, -0.2) is 82.2 Å². The largest absolute Gasteiger partial charge is 0.341 e. The number of hydrogen-bond acceptors (Lipinski definition) is 7. The highest BCUT2D eigenvalue weighted by molar-refractivity contribution is 5.93. The Morgan fingerprint density at radius 1 is 1.03 bits per heavy atom. The van der Waals surface area contributed by atoms with Gasteiger partial charge in [0.05, 0.1) is 18.3 Å². The molecule has 1 unspecified atom stereocenters. The summed E-state index contributed by atoms with van der Waals surface area (Å²) in [5, 5.41) is 14.1. The predicted octanol–water partition coefficient (Wildman–Crippen LogP) is 2.55. The van der Waals surface area contributed by atoms with Crippen molar-refractivity contribution in [1.29, 1.82) is 5.26 Å². The fourth-order valence-electron chi connectivity index (χ4n) is 4.69. The minimum Gasteiger partial charge on any atom is -0.337 e. The molecule has 1 atom stereocenters. The fourth-order valence-corrected chi connectivity index (χ4v) is 4.69. The van der Waals surface area contributed by atoms with Gasteiger partial charge in [-0.25, -0.2) is 32.9 Å². The molecule has 2 fully saturated rings. The zero-order valence-electron chi connectivity index (χ0n) is 19.7. The number of halogens is 3. The number of aromatic nitrogens is 2. The van der Waals surface area contributed by atoms with E-state index in [0.29, 0.717) is 44.6 Å². The van der Waals surface area contributed by atoms with Gasteiger partial charge in [-0.2, -0.15) is 10.4 Å². The topological polar surface area (TPSA) is 109 Å². The molecule has 2 saturated heterocycles. The van der Waals surface area contributed by atoms with E-state index in [1.807, 2.05) is 0 Å². The van der Waals surface area contributed by atoms with Crippen molar-refractivity contribution in [2.45, 2.75) is 18.9 Å². The lowest BCUT2D eigenvalue weighted by Crippen LogP contribution is -2.52. The number of nitrogens with zero attached hydrogens (tertiary/aromatic N) is 8. The zero-order valence-corrected chi connectivity index (χ0v) is 19.7. The van der Waals surface area contributed by atoms with Crippen LogP contribution < -0.4 is 4.90 Å². The van der Waals surface area contributed by atoms with E-state index in [4.69, 9.17) is 5.26 Å². The molecule has 0 saturated carbocycles. The van der Waals surface area contributed by atoms with Gasteiger partial charge in [0.1, 0.15) is 11.6 Å². The van der Waals surface area contributed by atoms with Crippen molar-refractivity contribution in [1.82, 2.24) is 24.8 Å². The fraction of sp³-hybridized carbons (Fsp3) is 0.417. The molecule has 2 aromatic rings. The molecule has 0 N–H and O–H groups in total. The lowest BCUT2D eigenvalue weighted by Gasteiger charge is -2.38. The van der Waals surface area contributed by atoms with Crippen molar-refractivity contribution < 1.29 is 22.8 Å². The Kier molecular flexibility index (Phi) is 6.64. The molecule has 0 bridgehead atoms. The normalized spacial score (nSPS) is 19.7. The maximum absolute atomic E-state index is 14.4. The highest BCUT2D eigenvalue weighted by atomic mass is 19.1. The van der Waals surface area contributed by atoms with Crippen molar-refractivity contribution >= 4 is 24.1 Å². The van der Waals surface area contributed by atoms with Crippen molar-refractivity contribution in [2.75, 3.05) is 44.2 Å². The number of urea groups is 1. The molecule has 13 heteroatoms. The Labute approximate surface area is 210 Å². The summed E-state index contributed by atoms with van der Waals surface area (Å²) in [6, 6.07) is 4.21. The zero-order chi connectivity index (χ0) is 26.1. The number of piperazine rings is 1. The van der Waals surface area contributed by atoms with Crippen LogP contribution in [0.1, 0.15) is 34.9 Å². The van der Waals surface area contributed by atoms with Crippen molar-refractivity contribution in [2.24, 2.45) is 11.0 Å². The molecule has 1 aromatic carbocycles. The Hall–Kier alpha value is -4.21. The molecule has 3 aliphatic rings. The van der Waals surface area contributed by atoms with Crippen LogP contribution in [0.5, 0.6) is 0 Å². The van der Waals surface area contributed by atoms with Crippen molar-refractivity contribution in [3.63, 3.8) is 0 Å². The van der Waals surface area contributed by atoms with E-state index in [1.165, 1.54) is 28.3 Å². The van der Waals surface area contributed by atoms with E-state index >= 15 is 0 Å². The summed E-state index contributed by atoms with van der Waals surface area (Å²) in [6.07, 6.45) is 3.17. The Bertz CT molecular complexity index is 1260. The van der Waals surface area contributed by atoms with Gasteiger partial charge in [-0.15, -0.1) is 0 Å². The van der Waals surface area contributed by atoms with E-state index in [9.17, 15) is 22.8 Å². The van der Waals surface area contributed by atoms with Gasteiger partial charge in [0, 0.05) is 70.3 Å². The Morgan fingerprint density at radius 2 is 1.73 bits per heavy atom. The molecule has 1 aromatic heterocycles. The van der Waals surface area contributed by atoms with Crippen LogP contribution in [0.3, 0.4) is 0 Å². The number of nitriles is 1. The van der Waals surface area contributed by atoms with Crippen LogP contribution in [0, 0.1) is 34.7 Å². The van der Waals surface area contributed by atoms with Gasteiger partial charge >= 0.3 is 6.03 Å². The molecular formula is C24H23F3N8O2. The van der Waals surface area contributed by atoms with Gasteiger partial charge in [0.25, 0.3) is 5.91 Å². The number of likely N-dealkylation sites (tertiary alicyclic amines) is 1. The summed E-state index contributed by atoms with van der Waals surface area (Å²) >= 11 is 0. The summed E-state index contributed by atoms with van der Waals surface area (Å²) in [5.74, 6) is -2.55. The lowest BCUT2D eigenvalue weighted by atomic mass is 9.97. The van der Waals surface area contributed by atoms with Gasteiger partial charge in [0.15, 0.2) is 11.5 Å². The molecule has 4 heterocycles. The van der Waals surface area contributed by atoms with Crippen molar-refractivity contribution in [3.05, 3.63) is 53.1 Å². The number of amides is 3. The number of hydrogen-bond donors (Lipinski definition) is 0. The molecule has 3 amide bonds. The van der Waals surface area contributed by atoms with Gasteiger partial charge in [-0.3, -0.25) is 4.79 Å². The Morgan fingerprint density at radius 3 is 2.41 bits per heavy atom. The number of carbonyl (C=O) groups excluding carboxylic acids is 2. The van der Waals surface area contributed by atoms with Gasteiger partial charge < -0.3 is 14.7 Å². The molecular weight excluding hydrogens is 489 g/mol. The van der Waals surface area contributed by atoms with Crippen LogP contribution in [0.4, 0.5) is 23.9 Å². The number of benzene rings is 1. The first kappa shape index (κ1) is 24.5. The monoisotopic (exact) mass is 512 g/mol. The third-order valence-corrected chi connectivity index (χ3v) is 6.69. The maximum atomic E-state index is 14.4. The van der Waals surface area contributed by atoms with E-state index in [1.54, 1.807) is 9.80 Å². The van der Waals surface area contributed by atoms with E-state index in [2.05, 4.69) is 21.1 Å². The van der Waals surface area contributed by atoms with E-state index in [-0.39, 0.29) is 30.6 Å². The highest BCUT2D eigenvalue weighted by Gasteiger charge is 2.35. The first-order valence-electron chi connectivity index (χ1n) is 11.8. The van der Waals surface area contributed by atoms with Gasteiger partial charge in [-0.1, -0.05) is 0 Å². The summed E-state index contributed by atoms with van der Waals surface area (Å²) in [4.78, 5) is 38.8. The number of anilines is 1. The standard InChI is InChI=1S/C24H23F3N8O2/c25-17-9-16(10-18(26)11-17)20-2-4-30-35(20)24(37)33-7-5-32(6-8-33)23-29-12-19(27)21(31-23)22(36)34-13-15(14-34)1-3-28/h4,9-12,15,20H,1-2,5-8,13-14H2. The average molecular weight is 512 g/mol. The van der Waals surface area contributed by atoms with Crippen LogP contribution >= 0.6 is 0 Å². The van der Waals surface area contributed by atoms with Gasteiger partial charge in [-0.05, 0) is 17.7 Å². The predicted molar refractivity (Wildman–Crippen MR) is 125 cm³/mol. The van der Waals surface area contributed by atoms with E-state index in [0.717, 1.165) is 12.3 Å². The summed E-state index contributed by atoms with van der Waals surface area (Å²) < 4.78 is 41.8. The second kappa shape index (κ2) is 10.0. The van der Waals surface area contributed by atoms with Crippen LogP contribution in [0.2, 0.25) is 0 Å². The number of carbonyl (C=O) groups is 2. The number of hydrazone groups is 1. The highest BCUT2D eigenvalue weighted by Crippen LogP contribution is 2.30. The maximum Gasteiger partial charge on any atom is 0.341 e. The lowest BCUT2D eigenvalue weighted by molar-refractivity contribution is 0.0496. The summed E-state index contributed by atoms with van der Waals surface area (Å²) in [6.45, 7) is 1.98. The molecule has 5 rings (SSSR count). The minimum atomic E-state index is -0.821. The summed E-state index contributed by atoms with van der Waals surface area (Å²) in [7, 11) is 0. The molecule has 192 valence electrons. The average Bonchev–Trinajstić information content (AvgIpc) is 3.35. The molecule has 37 heavy (non-hydrogen) atoms. The Balaban J connectivity index is 1.22. The number of rotatable bonds is 4. The second-order valence-electron chi connectivity index (χ2n) is 9.16. The molecule has 0 spiro atoms. The molecule has 0 radical (unpaired) electrons. The molecule has 3 aliphatic heterocycles. The van der Waals surface area contributed by atoms with E-state index < -0.39 is 35.4 Å².